The van der Waals surface area contributed by atoms with Crippen molar-refractivity contribution < 1.29 is 14.3 Å². The van der Waals surface area contributed by atoms with Crippen molar-refractivity contribution in [3.05, 3.63) is 76.6 Å². The maximum absolute atomic E-state index is 12.4. The Bertz CT molecular complexity index is 1100. The number of benzene rings is 2. The number of nitrogens with zero attached hydrogens (tertiary/aromatic N) is 2. The summed E-state index contributed by atoms with van der Waals surface area (Å²) in [5.41, 5.74) is 5.97. The van der Waals surface area contributed by atoms with Gasteiger partial charge in [-0.05, 0) is 44.5 Å². The Morgan fingerprint density at radius 1 is 1.07 bits per heavy atom. The fourth-order valence-electron chi connectivity index (χ4n) is 3.44. The highest BCUT2D eigenvalue weighted by atomic mass is 16.6. The number of aryl methyl sites for hydroxylation is 2. The average Bonchev–Trinajstić information content (AvgIpc) is 3.00. The molecular weight excluding hydrogens is 378 g/mol. The molecule has 1 aliphatic rings. The largest absolute Gasteiger partial charge is 0.486 e. The standard InChI is InChI=1S/C24H25N3O3/c1-16-4-6-19(7-5-16)15-27-18(3)21(17(2)26-27)9-11-24(28)25-20-8-10-22-23(14-20)30-13-12-29-22/h4-11,14H,12-13,15H2,1-3H3,(H,25,28). The van der Waals surface area contributed by atoms with Crippen LogP contribution in [0.5, 0.6) is 11.5 Å². The monoisotopic (exact) mass is 403 g/mol. The summed E-state index contributed by atoms with van der Waals surface area (Å²) >= 11 is 0. The topological polar surface area (TPSA) is 65.4 Å². The van der Waals surface area contributed by atoms with Gasteiger partial charge in [-0.15, -0.1) is 0 Å². The molecule has 0 unspecified atom stereocenters. The summed E-state index contributed by atoms with van der Waals surface area (Å²) in [5, 5.41) is 7.51. The summed E-state index contributed by atoms with van der Waals surface area (Å²) in [6.07, 6.45) is 3.35. The zero-order valence-corrected chi connectivity index (χ0v) is 17.4. The molecule has 154 valence electrons. The summed E-state index contributed by atoms with van der Waals surface area (Å²) in [7, 11) is 0. The van der Waals surface area contributed by atoms with Crippen LogP contribution in [0.1, 0.15) is 28.1 Å². The van der Waals surface area contributed by atoms with Gasteiger partial charge < -0.3 is 14.8 Å². The second-order valence-electron chi connectivity index (χ2n) is 7.41. The normalized spacial score (nSPS) is 12.9. The molecule has 0 radical (unpaired) electrons. The molecule has 1 N–H and O–H groups in total. The first-order chi connectivity index (χ1) is 14.5. The van der Waals surface area contributed by atoms with E-state index in [1.165, 1.54) is 17.2 Å². The highest BCUT2D eigenvalue weighted by Crippen LogP contribution is 2.32. The lowest BCUT2D eigenvalue weighted by Crippen LogP contribution is -2.16. The van der Waals surface area contributed by atoms with Gasteiger partial charge in [0.05, 0.1) is 12.2 Å². The minimum Gasteiger partial charge on any atom is -0.486 e. The van der Waals surface area contributed by atoms with Gasteiger partial charge in [-0.1, -0.05) is 29.8 Å². The molecule has 4 rings (SSSR count). The van der Waals surface area contributed by atoms with Gasteiger partial charge in [-0.3, -0.25) is 9.48 Å². The van der Waals surface area contributed by atoms with Crippen molar-refractivity contribution in [3.63, 3.8) is 0 Å². The summed E-state index contributed by atoms with van der Waals surface area (Å²) in [6.45, 7) is 7.80. The van der Waals surface area contributed by atoms with Crippen molar-refractivity contribution in [3.8, 4) is 11.5 Å². The van der Waals surface area contributed by atoms with Crippen molar-refractivity contribution in [2.24, 2.45) is 0 Å². The Balaban J connectivity index is 1.45. The molecule has 0 aliphatic carbocycles. The Hall–Kier alpha value is -3.54. The van der Waals surface area contributed by atoms with Gasteiger partial charge in [-0.25, -0.2) is 0 Å². The Labute approximate surface area is 176 Å². The second-order valence-corrected chi connectivity index (χ2v) is 7.41. The zero-order valence-electron chi connectivity index (χ0n) is 17.4. The molecule has 0 saturated carbocycles. The number of anilines is 1. The molecular formula is C24H25N3O3. The van der Waals surface area contributed by atoms with Crippen molar-refractivity contribution >= 4 is 17.7 Å². The van der Waals surface area contributed by atoms with Gasteiger partial charge in [-0.2, -0.15) is 5.10 Å². The van der Waals surface area contributed by atoms with Crippen LogP contribution in [0, 0.1) is 20.8 Å². The van der Waals surface area contributed by atoms with E-state index in [4.69, 9.17) is 9.47 Å². The van der Waals surface area contributed by atoms with E-state index >= 15 is 0 Å². The molecule has 3 aromatic rings. The number of aromatic nitrogens is 2. The molecule has 6 heteroatoms. The molecule has 2 heterocycles. The molecule has 30 heavy (non-hydrogen) atoms. The lowest BCUT2D eigenvalue weighted by molar-refractivity contribution is -0.111. The molecule has 0 fully saturated rings. The predicted octanol–water partition coefficient (Wildman–Crippen LogP) is 4.28. The second kappa shape index (κ2) is 8.45. The van der Waals surface area contributed by atoms with E-state index < -0.39 is 0 Å². The number of nitrogens with one attached hydrogen (secondary N) is 1. The van der Waals surface area contributed by atoms with Crippen LogP contribution in [-0.2, 0) is 11.3 Å². The van der Waals surface area contributed by atoms with Crippen molar-refractivity contribution in [2.75, 3.05) is 18.5 Å². The summed E-state index contributed by atoms with van der Waals surface area (Å²) in [6, 6.07) is 13.8. The fourth-order valence-corrected chi connectivity index (χ4v) is 3.44. The predicted molar refractivity (Wildman–Crippen MR) is 117 cm³/mol. The third-order valence-electron chi connectivity index (χ3n) is 5.10. The first kappa shape index (κ1) is 19.8. The van der Waals surface area contributed by atoms with Gasteiger partial charge in [0, 0.05) is 29.1 Å². The van der Waals surface area contributed by atoms with Gasteiger partial charge >= 0.3 is 0 Å². The maximum atomic E-state index is 12.4. The number of rotatable bonds is 5. The first-order valence-corrected chi connectivity index (χ1v) is 9.98. The number of amides is 1. The summed E-state index contributed by atoms with van der Waals surface area (Å²) in [5.74, 6) is 1.13. The number of hydrogen-bond acceptors (Lipinski definition) is 4. The molecule has 1 aliphatic heterocycles. The quantitative estimate of drug-likeness (QED) is 0.646. The van der Waals surface area contributed by atoms with Crippen LogP contribution in [-0.4, -0.2) is 28.9 Å². The SMILES string of the molecule is Cc1ccc(Cn2nc(C)c(C=CC(=O)Nc3ccc4c(c3)OCCO4)c2C)cc1. The number of carbonyl (C=O) groups excluding carboxylic acids is 1. The fraction of sp³-hybridized carbons (Fsp3) is 0.250. The van der Waals surface area contributed by atoms with Gasteiger partial charge in [0.15, 0.2) is 11.5 Å². The molecule has 0 atom stereocenters. The Morgan fingerprint density at radius 2 is 1.80 bits per heavy atom. The van der Waals surface area contributed by atoms with E-state index in [9.17, 15) is 4.79 Å². The number of fused-ring (bicyclic) bond motifs is 1. The Kier molecular flexibility index (Phi) is 5.57. The first-order valence-electron chi connectivity index (χ1n) is 9.98. The molecule has 1 aromatic heterocycles. The van der Waals surface area contributed by atoms with Gasteiger partial charge in [0.2, 0.25) is 5.91 Å². The van der Waals surface area contributed by atoms with Crippen LogP contribution in [0.3, 0.4) is 0 Å². The lowest BCUT2D eigenvalue weighted by Gasteiger charge is -2.18. The van der Waals surface area contributed by atoms with Crippen molar-refractivity contribution in [2.45, 2.75) is 27.3 Å². The summed E-state index contributed by atoms with van der Waals surface area (Å²) < 4.78 is 13.0. The van der Waals surface area contributed by atoms with Crippen LogP contribution >= 0.6 is 0 Å². The van der Waals surface area contributed by atoms with Gasteiger partial charge in [0.1, 0.15) is 13.2 Å². The molecule has 0 spiro atoms. The van der Waals surface area contributed by atoms with E-state index in [0.29, 0.717) is 36.9 Å². The van der Waals surface area contributed by atoms with Crippen LogP contribution in [0.2, 0.25) is 0 Å². The minimum absolute atomic E-state index is 0.211. The smallest absolute Gasteiger partial charge is 0.248 e. The molecule has 0 bridgehead atoms. The van der Waals surface area contributed by atoms with E-state index in [1.54, 1.807) is 18.2 Å². The van der Waals surface area contributed by atoms with Crippen LogP contribution in [0.4, 0.5) is 5.69 Å². The third-order valence-corrected chi connectivity index (χ3v) is 5.10. The van der Waals surface area contributed by atoms with Crippen LogP contribution in [0.25, 0.3) is 6.08 Å². The third kappa shape index (κ3) is 4.38. The Morgan fingerprint density at radius 3 is 2.57 bits per heavy atom. The molecule has 0 saturated heterocycles. The van der Waals surface area contributed by atoms with E-state index in [2.05, 4.69) is 41.6 Å². The van der Waals surface area contributed by atoms with Crippen LogP contribution < -0.4 is 14.8 Å². The zero-order chi connectivity index (χ0) is 21.1. The van der Waals surface area contributed by atoms with Crippen molar-refractivity contribution in [1.82, 2.24) is 9.78 Å². The van der Waals surface area contributed by atoms with E-state index in [1.807, 2.05) is 24.6 Å². The molecule has 2 aromatic carbocycles. The van der Waals surface area contributed by atoms with Crippen LogP contribution in [0.15, 0.2) is 48.5 Å². The highest BCUT2D eigenvalue weighted by molar-refractivity contribution is 6.02. The van der Waals surface area contributed by atoms with Crippen molar-refractivity contribution in [1.29, 1.82) is 0 Å². The van der Waals surface area contributed by atoms with Gasteiger partial charge in [0.25, 0.3) is 0 Å². The van der Waals surface area contributed by atoms with E-state index in [-0.39, 0.29) is 5.91 Å². The minimum atomic E-state index is -0.211. The maximum Gasteiger partial charge on any atom is 0.248 e. The highest BCUT2D eigenvalue weighted by Gasteiger charge is 2.13. The average molecular weight is 403 g/mol. The number of hydrogen-bond donors (Lipinski definition) is 1. The molecule has 1 amide bonds. The van der Waals surface area contributed by atoms with E-state index in [0.717, 1.165) is 17.0 Å². The number of ether oxygens (including phenoxy) is 2. The summed E-state index contributed by atoms with van der Waals surface area (Å²) in [4.78, 5) is 12.4. The lowest BCUT2D eigenvalue weighted by atomic mass is 10.1. The number of carbonyl (C=O) groups is 1. The molecule has 6 nitrogen and oxygen atoms in total.